The minimum Gasteiger partial charge on any atom is -0.363 e. The molecule has 1 unspecified atom stereocenters. The van der Waals surface area contributed by atoms with Gasteiger partial charge in [0.25, 0.3) is 11.8 Å². The van der Waals surface area contributed by atoms with Gasteiger partial charge in [-0.15, -0.1) is 0 Å². The molecule has 0 spiro atoms. The summed E-state index contributed by atoms with van der Waals surface area (Å²) in [7, 11) is 0. The lowest BCUT2D eigenvalue weighted by molar-refractivity contribution is -0.145. The van der Waals surface area contributed by atoms with Gasteiger partial charge in [-0.2, -0.15) is 0 Å². The molecule has 0 bridgehead atoms. The van der Waals surface area contributed by atoms with Gasteiger partial charge in [-0.05, 0) is 40.4 Å². The molecule has 14 nitrogen and oxygen atoms in total. The number of piperidine rings is 1. The molecule has 6 amide bonds. The number of Topliss-reactive ketones (excluding diaryl/α,β-unsaturated/α-hetero) is 1. The number of carbonyl (C=O) groups is 6. The SMILES string of the molecule is CC(C)(C)[C@H](NC(=O)N[C@H](CNC(=O)c1cnccn1)C(C)(C)C)C(=O)N1C[C@H]2[C@@H]([C@H]1C(=O)NC(CC1CC1)C(=O)C(N)=O)C2(C)C. The number of nitrogens with zero attached hydrogens (tertiary/aromatic N) is 3. The number of primary amides is 1. The van der Waals surface area contributed by atoms with Crippen molar-refractivity contribution in [2.24, 2.45) is 39.7 Å². The number of hydrogen-bond donors (Lipinski definition) is 5. The van der Waals surface area contributed by atoms with E-state index < -0.39 is 70.4 Å². The van der Waals surface area contributed by atoms with Gasteiger partial charge in [0.2, 0.25) is 17.6 Å². The molecule has 2 saturated carbocycles. The molecular formula is C33H50N8O6. The summed E-state index contributed by atoms with van der Waals surface area (Å²) in [5, 5.41) is 11.3. The zero-order valence-electron chi connectivity index (χ0n) is 28.7. The first-order valence-corrected chi connectivity index (χ1v) is 16.3. The van der Waals surface area contributed by atoms with E-state index in [4.69, 9.17) is 5.73 Å². The lowest BCUT2D eigenvalue weighted by Gasteiger charge is -2.38. The van der Waals surface area contributed by atoms with Crippen molar-refractivity contribution >= 4 is 35.4 Å². The van der Waals surface area contributed by atoms with Gasteiger partial charge in [-0.25, -0.2) is 9.78 Å². The molecule has 1 aromatic heterocycles. The minimum atomic E-state index is -1.11. The van der Waals surface area contributed by atoms with Crippen molar-refractivity contribution in [1.82, 2.24) is 36.1 Å². The third-order valence-corrected chi connectivity index (χ3v) is 9.90. The molecule has 2 aliphatic carbocycles. The molecule has 1 saturated heterocycles. The minimum absolute atomic E-state index is 0.0635. The summed E-state index contributed by atoms with van der Waals surface area (Å²) in [6.45, 7) is 15.7. The molecule has 47 heavy (non-hydrogen) atoms. The van der Waals surface area contributed by atoms with Crippen LogP contribution in [0.15, 0.2) is 18.6 Å². The van der Waals surface area contributed by atoms with E-state index in [2.05, 4.69) is 31.2 Å². The van der Waals surface area contributed by atoms with Crippen LogP contribution >= 0.6 is 0 Å². The van der Waals surface area contributed by atoms with Crippen LogP contribution in [0.4, 0.5) is 4.79 Å². The van der Waals surface area contributed by atoms with Gasteiger partial charge in [0.05, 0.1) is 18.3 Å². The number of ketones is 1. The normalized spacial score (nSPS) is 23.4. The summed E-state index contributed by atoms with van der Waals surface area (Å²) in [4.78, 5) is 88.0. The van der Waals surface area contributed by atoms with Crippen molar-refractivity contribution in [2.45, 2.75) is 98.8 Å². The van der Waals surface area contributed by atoms with Gasteiger partial charge in [-0.3, -0.25) is 29.0 Å². The zero-order chi connectivity index (χ0) is 35.1. The number of nitrogens with one attached hydrogen (secondary N) is 4. The first kappa shape index (κ1) is 35.7. The summed E-state index contributed by atoms with van der Waals surface area (Å²) >= 11 is 0. The highest BCUT2D eigenvalue weighted by atomic mass is 16.2. The van der Waals surface area contributed by atoms with E-state index in [9.17, 15) is 28.8 Å². The Kier molecular flexibility index (Phi) is 10.0. The third kappa shape index (κ3) is 8.25. The molecular weight excluding hydrogens is 604 g/mol. The number of nitrogens with two attached hydrogens (primary N) is 1. The molecule has 1 aromatic rings. The summed E-state index contributed by atoms with van der Waals surface area (Å²) in [5.74, 6) is -3.15. The van der Waals surface area contributed by atoms with Crippen LogP contribution in [0.5, 0.6) is 0 Å². The predicted octanol–water partition coefficient (Wildman–Crippen LogP) is 1.16. The van der Waals surface area contributed by atoms with Crippen LogP contribution < -0.4 is 27.0 Å². The maximum atomic E-state index is 14.3. The smallest absolute Gasteiger partial charge is 0.315 e. The van der Waals surface area contributed by atoms with Crippen molar-refractivity contribution in [3.8, 4) is 0 Å². The first-order chi connectivity index (χ1) is 21.7. The average molecular weight is 655 g/mol. The van der Waals surface area contributed by atoms with Crippen LogP contribution in [0.1, 0.15) is 85.1 Å². The summed E-state index contributed by atoms with van der Waals surface area (Å²) in [5.41, 5.74) is 4.02. The maximum Gasteiger partial charge on any atom is 0.315 e. The number of carbonyl (C=O) groups excluding carboxylic acids is 6. The van der Waals surface area contributed by atoms with Crippen LogP contribution in [-0.4, -0.2) is 87.6 Å². The monoisotopic (exact) mass is 654 g/mol. The fourth-order valence-electron chi connectivity index (χ4n) is 6.58. The Hall–Kier alpha value is -4.10. The van der Waals surface area contributed by atoms with Gasteiger partial charge in [0, 0.05) is 25.5 Å². The zero-order valence-corrected chi connectivity index (χ0v) is 28.7. The van der Waals surface area contributed by atoms with Gasteiger partial charge in [0.1, 0.15) is 17.8 Å². The van der Waals surface area contributed by atoms with E-state index in [0.717, 1.165) is 12.8 Å². The summed E-state index contributed by atoms with van der Waals surface area (Å²) in [6.07, 6.45) is 6.38. The van der Waals surface area contributed by atoms with Crippen LogP contribution in [0.2, 0.25) is 0 Å². The number of urea groups is 1. The number of likely N-dealkylation sites (tertiary alicyclic amines) is 1. The fraction of sp³-hybridized carbons (Fsp3) is 0.697. The van der Waals surface area contributed by atoms with Gasteiger partial charge >= 0.3 is 6.03 Å². The molecule has 14 heteroatoms. The highest BCUT2D eigenvalue weighted by Crippen LogP contribution is 2.65. The Labute approximate surface area is 276 Å². The Balaban J connectivity index is 1.49. The van der Waals surface area contributed by atoms with Gasteiger partial charge in [-0.1, -0.05) is 68.2 Å². The molecule has 0 aromatic carbocycles. The molecule has 6 atom stereocenters. The van der Waals surface area contributed by atoms with E-state index in [1.807, 2.05) is 55.4 Å². The Morgan fingerprint density at radius 2 is 1.64 bits per heavy atom. The van der Waals surface area contributed by atoms with Crippen LogP contribution in [0.25, 0.3) is 0 Å². The molecule has 0 radical (unpaired) electrons. The van der Waals surface area contributed by atoms with E-state index in [0.29, 0.717) is 13.0 Å². The van der Waals surface area contributed by atoms with Crippen LogP contribution in [0, 0.1) is 34.0 Å². The lowest BCUT2D eigenvalue weighted by Crippen LogP contribution is -2.62. The Morgan fingerprint density at radius 3 is 2.17 bits per heavy atom. The standard InChI is InChI=1S/C33H50N8O6/c1-31(2,3)21(15-37-27(44)20-14-35-11-12-36-20)39-30(47)40-25(32(4,5)6)29(46)41-16-18-22(33(18,7)8)23(41)28(45)38-19(13-17-9-10-17)24(42)26(34)43/h11-12,14,17-19,21-23,25H,9-10,13,15-16H2,1-8H3,(H2,34,43)(H,37,44)(H,38,45)(H2,39,40,47)/t18-,19?,21+,22-,23-,25+/m0/s1. The molecule has 2 heterocycles. The van der Waals surface area contributed by atoms with Crippen molar-refractivity contribution in [3.63, 3.8) is 0 Å². The molecule has 6 N–H and O–H groups in total. The van der Waals surface area contributed by atoms with E-state index in [1.165, 1.54) is 23.5 Å². The van der Waals surface area contributed by atoms with Crippen molar-refractivity contribution < 1.29 is 28.8 Å². The fourth-order valence-corrected chi connectivity index (χ4v) is 6.58. The lowest BCUT2D eigenvalue weighted by atomic mass is 9.85. The van der Waals surface area contributed by atoms with Crippen LogP contribution in [-0.2, 0) is 19.2 Å². The maximum absolute atomic E-state index is 14.3. The quantitative estimate of drug-likeness (QED) is 0.206. The largest absolute Gasteiger partial charge is 0.363 e. The van der Waals surface area contributed by atoms with Crippen molar-refractivity contribution in [2.75, 3.05) is 13.1 Å². The molecule has 1 aliphatic heterocycles. The van der Waals surface area contributed by atoms with Crippen molar-refractivity contribution in [1.29, 1.82) is 0 Å². The highest BCUT2D eigenvalue weighted by Gasteiger charge is 2.70. The Morgan fingerprint density at radius 1 is 0.979 bits per heavy atom. The molecule has 258 valence electrons. The van der Waals surface area contributed by atoms with Crippen LogP contribution in [0.3, 0.4) is 0 Å². The number of fused-ring (bicyclic) bond motifs is 1. The van der Waals surface area contributed by atoms with E-state index >= 15 is 0 Å². The number of aromatic nitrogens is 2. The number of hydrogen-bond acceptors (Lipinski definition) is 8. The van der Waals surface area contributed by atoms with Gasteiger partial charge in [0.15, 0.2) is 0 Å². The summed E-state index contributed by atoms with van der Waals surface area (Å²) < 4.78 is 0. The molecule has 3 fully saturated rings. The first-order valence-electron chi connectivity index (χ1n) is 16.3. The molecule has 3 aliphatic rings. The number of amides is 6. The highest BCUT2D eigenvalue weighted by molar-refractivity contribution is 6.37. The summed E-state index contributed by atoms with van der Waals surface area (Å²) in [6, 6.07) is -4.06. The van der Waals surface area contributed by atoms with Crippen molar-refractivity contribution in [3.05, 3.63) is 24.3 Å². The Bertz CT molecular complexity index is 1400. The second-order valence-electron chi connectivity index (χ2n) is 16.0. The molecule has 4 rings (SSSR count). The topological polar surface area (TPSA) is 206 Å². The van der Waals surface area contributed by atoms with E-state index in [-0.39, 0.29) is 35.4 Å². The third-order valence-electron chi connectivity index (χ3n) is 9.90. The second kappa shape index (κ2) is 13.2. The average Bonchev–Trinajstić information content (AvgIpc) is 3.83. The predicted molar refractivity (Wildman–Crippen MR) is 172 cm³/mol. The second-order valence-corrected chi connectivity index (χ2v) is 16.0. The van der Waals surface area contributed by atoms with E-state index in [1.54, 1.807) is 0 Å². The number of rotatable bonds is 12. The van der Waals surface area contributed by atoms with Gasteiger partial charge < -0.3 is 31.9 Å².